The number of hydrogen-bond acceptors (Lipinski definition) is 3. The largest absolute Gasteiger partial charge is 0.496 e. The summed E-state index contributed by atoms with van der Waals surface area (Å²) >= 11 is 0. The van der Waals surface area contributed by atoms with E-state index in [1.54, 1.807) is 11.4 Å². The Morgan fingerprint density at radius 1 is 1.29 bits per heavy atom. The first-order chi connectivity index (χ1) is 9.94. The first-order valence-corrected chi connectivity index (χ1v) is 8.78. The molecule has 2 rings (SSSR count). The van der Waals surface area contributed by atoms with Crippen molar-refractivity contribution in [2.24, 2.45) is 5.92 Å². The number of hydrogen-bond donors (Lipinski definition) is 1. The van der Waals surface area contributed by atoms with Gasteiger partial charge in [0.1, 0.15) is 5.75 Å². The van der Waals surface area contributed by atoms with Crippen LogP contribution in [-0.4, -0.2) is 32.9 Å². The fourth-order valence-corrected chi connectivity index (χ4v) is 4.03. The van der Waals surface area contributed by atoms with Crippen LogP contribution in [0.3, 0.4) is 0 Å². The van der Waals surface area contributed by atoms with Crippen molar-refractivity contribution in [1.82, 2.24) is 9.03 Å². The Morgan fingerprint density at radius 3 is 2.52 bits per heavy atom. The van der Waals surface area contributed by atoms with E-state index < -0.39 is 10.2 Å². The molecule has 1 fully saturated rings. The van der Waals surface area contributed by atoms with E-state index in [0.717, 1.165) is 18.4 Å². The van der Waals surface area contributed by atoms with E-state index in [-0.39, 0.29) is 6.04 Å². The molecule has 1 saturated heterocycles. The average molecular weight is 312 g/mol. The van der Waals surface area contributed by atoms with Crippen LogP contribution in [0.25, 0.3) is 0 Å². The lowest BCUT2D eigenvalue weighted by atomic mass is 10.0. The number of piperidine rings is 1. The lowest BCUT2D eigenvalue weighted by Gasteiger charge is -2.30. The SMILES string of the molecule is COc1ccccc1[C@H](C)NS(=O)(=O)N1CCC(C)CC1. The molecule has 1 heterocycles. The molecule has 0 saturated carbocycles. The molecule has 118 valence electrons. The summed E-state index contributed by atoms with van der Waals surface area (Å²) in [5.41, 5.74) is 0.842. The minimum Gasteiger partial charge on any atom is -0.496 e. The van der Waals surface area contributed by atoms with E-state index >= 15 is 0 Å². The summed E-state index contributed by atoms with van der Waals surface area (Å²) in [6.07, 6.45) is 1.84. The van der Waals surface area contributed by atoms with Gasteiger partial charge in [0.05, 0.1) is 7.11 Å². The maximum Gasteiger partial charge on any atom is 0.279 e. The summed E-state index contributed by atoms with van der Waals surface area (Å²) in [6.45, 7) is 5.18. The van der Waals surface area contributed by atoms with Crippen molar-refractivity contribution in [2.45, 2.75) is 32.7 Å². The number of nitrogens with one attached hydrogen (secondary N) is 1. The highest BCUT2D eigenvalue weighted by Gasteiger charge is 2.28. The number of methoxy groups -OCH3 is 1. The summed E-state index contributed by atoms with van der Waals surface area (Å²) in [6, 6.07) is 7.14. The molecule has 1 aliphatic heterocycles. The highest BCUT2D eigenvalue weighted by atomic mass is 32.2. The molecule has 0 amide bonds. The van der Waals surface area contributed by atoms with Crippen molar-refractivity contribution >= 4 is 10.2 Å². The van der Waals surface area contributed by atoms with Crippen LogP contribution in [0.15, 0.2) is 24.3 Å². The Kier molecular flexibility index (Phi) is 5.24. The topological polar surface area (TPSA) is 58.6 Å². The van der Waals surface area contributed by atoms with Crippen molar-refractivity contribution in [3.63, 3.8) is 0 Å². The molecule has 0 spiro atoms. The van der Waals surface area contributed by atoms with E-state index in [9.17, 15) is 8.42 Å². The summed E-state index contributed by atoms with van der Waals surface area (Å²) in [5.74, 6) is 1.29. The van der Waals surface area contributed by atoms with E-state index in [4.69, 9.17) is 4.74 Å². The molecular formula is C15H24N2O3S. The normalized spacial score (nSPS) is 19.4. The lowest BCUT2D eigenvalue weighted by molar-refractivity contribution is 0.283. The molecule has 1 N–H and O–H groups in total. The third kappa shape index (κ3) is 3.96. The van der Waals surface area contributed by atoms with Crippen molar-refractivity contribution in [3.8, 4) is 5.75 Å². The molecular weight excluding hydrogens is 288 g/mol. The Labute approximate surface area is 127 Å². The number of nitrogens with zero attached hydrogens (tertiary/aromatic N) is 1. The monoisotopic (exact) mass is 312 g/mol. The van der Waals surface area contributed by atoms with Gasteiger partial charge in [-0.15, -0.1) is 0 Å². The molecule has 5 nitrogen and oxygen atoms in total. The van der Waals surface area contributed by atoms with E-state index in [1.807, 2.05) is 31.2 Å². The highest BCUT2D eigenvalue weighted by molar-refractivity contribution is 7.87. The number of para-hydroxylation sites is 1. The van der Waals surface area contributed by atoms with Crippen LogP contribution in [0.5, 0.6) is 5.75 Å². The molecule has 21 heavy (non-hydrogen) atoms. The smallest absolute Gasteiger partial charge is 0.279 e. The van der Waals surface area contributed by atoms with Crippen LogP contribution in [0.4, 0.5) is 0 Å². The van der Waals surface area contributed by atoms with Gasteiger partial charge in [0.2, 0.25) is 0 Å². The van der Waals surface area contributed by atoms with Crippen LogP contribution in [0.2, 0.25) is 0 Å². The molecule has 0 bridgehead atoms. The van der Waals surface area contributed by atoms with Gasteiger partial charge in [-0.3, -0.25) is 0 Å². The average Bonchev–Trinajstić information content (AvgIpc) is 2.47. The van der Waals surface area contributed by atoms with Gasteiger partial charge in [0.25, 0.3) is 10.2 Å². The van der Waals surface area contributed by atoms with Crippen LogP contribution < -0.4 is 9.46 Å². The number of benzene rings is 1. The molecule has 0 unspecified atom stereocenters. The quantitative estimate of drug-likeness (QED) is 0.908. The minimum atomic E-state index is -3.45. The fourth-order valence-electron chi connectivity index (χ4n) is 2.61. The first-order valence-electron chi connectivity index (χ1n) is 7.34. The molecule has 1 aromatic carbocycles. The molecule has 1 aliphatic rings. The van der Waals surface area contributed by atoms with E-state index in [2.05, 4.69) is 11.6 Å². The zero-order valence-corrected chi connectivity index (χ0v) is 13.7. The highest BCUT2D eigenvalue weighted by Crippen LogP contribution is 2.26. The fraction of sp³-hybridized carbons (Fsp3) is 0.600. The molecule has 1 aromatic rings. The number of ether oxygens (including phenoxy) is 1. The maximum atomic E-state index is 12.4. The summed E-state index contributed by atoms with van der Waals surface area (Å²) < 4.78 is 34.5. The van der Waals surface area contributed by atoms with Crippen LogP contribution in [0, 0.1) is 5.92 Å². The predicted molar refractivity (Wildman–Crippen MR) is 83.4 cm³/mol. The molecule has 1 atom stereocenters. The van der Waals surface area contributed by atoms with E-state index in [1.165, 1.54) is 0 Å². The van der Waals surface area contributed by atoms with Crippen LogP contribution >= 0.6 is 0 Å². The van der Waals surface area contributed by atoms with Gasteiger partial charge in [-0.1, -0.05) is 25.1 Å². The van der Waals surface area contributed by atoms with Crippen LogP contribution in [0.1, 0.15) is 38.3 Å². The zero-order valence-electron chi connectivity index (χ0n) is 12.9. The van der Waals surface area contributed by atoms with Gasteiger partial charge in [0.15, 0.2) is 0 Å². The number of rotatable bonds is 5. The van der Waals surface area contributed by atoms with Gasteiger partial charge in [0, 0.05) is 24.7 Å². The second kappa shape index (κ2) is 6.77. The third-order valence-corrected chi connectivity index (χ3v) is 5.71. The van der Waals surface area contributed by atoms with Crippen molar-refractivity contribution in [2.75, 3.05) is 20.2 Å². The molecule has 0 aromatic heterocycles. The van der Waals surface area contributed by atoms with Gasteiger partial charge in [-0.05, 0) is 31.7 Å². The van der Waals surface area contributed by atoms with Crippen molar-refractivity contribution in [3.05, 3.63) is 29.8 Å². The lowest BCUT2D eigenvalue weighted by Crippen LogP contribution is -2.45. The Morgan fingerprint density at radius 2 is 1.90 bits per heavy atom. The standard InChI is InChI=1S/C15H24N2O3S/c1-12-8-10-17(11-9-12)21(18,19)16-13(2)14-6-4-5-7-15(14)20-3/h4-7,12-13,16H,8-11H2,1-3H3/t13-/m0/s1. The Hall–Kier alpha value is -1.11. The zero-order chi connectivity index (χ0) is 15.5. The van der Waals surface area contributed by atoms with Gasteiger partial charge >= 0.3 is 0 Å². The predicted octanol–water partition coefficient (Wildman–Crippen LogP) is 2.32. The van der Waals surface area contributed by atoms with E-state index in [0.29, 0.717) is 24.8 Å². The van der Waals surface area contributed by atoms with Gasteiger partial charge in [-0.2, -0.15) is 17.4 Å². The summed E-state index contributed by atoms with van der Waals surface area (Å²) in [7, 11) is -1.86. The second-order valence-corrected chi connectivity index (χ2v) is 7.37. The maximum absolute atomic E-state index is 12.4. The van der Waals surface area contributed by atoms with Crippen LogP contribution in [-0.2, 0) is 10.2 Å². The van der Waals surface area contributed by atoms with Crippen molar-refractivity contribution in [1.29, 1.82) is 0 Å². The van der Waals surface area contributed by atoms with Crippen molar-refractivity contribution < 1.29 is 13.2 Å². The second-order valence-electron chi connectivity index (χ2n) is 5.67. The molecule has 0 aliphatic carbocycles. The minimum absolute atomic E-state index is 0.328. The Balaban J connectivity index is 2.09. The van der Waals surface area contributed by atoms with Gasteiger partial charge < -0.3 is 4.74 Å². The summed E-state index contributed by atoms with van der Waals surface area (Å²) in [4.78, 5) is 0. The molecule has 6 heteroatoms. The summed E-state index contributed by atoms with van der Waals surface area (Å²) in [5, 5.41) is 0. The Bertz CT molecular complexity index is 566. The van der Waals surface area contributed by atoms with Gasteiger partial charge in [-0.25, -0.2) is 0 Å². The third-order valence-electron chi connectivity index (χ3n) is 4.01. The molecule has 0 radical (unpaired) electrons. The first kappa shape index (κ1) is 16.3.